The minimum Gasteiger partial charge on any atom is -0.507 e. The Kier molecular flexibility index (Phi) is 29.1. The van der Waals surface area contributed by atoms with E-state index in [9.17, 15) is 75.3 Å². The number of hydrogen-bond donors (Lipinski definition) is 21. The molecule has 4 heterocycles. The third-order valence-corrected chi connectivity index (χ3v) is 19.7. The summed E-state index contributed by atoms with van der Waals surface area (Å²) in [6.45, 7) is -0.430. The molecule has 7 amide bonds. The van der Waals surface area contributed by atoms with Crippen LogP contribution in [0.5, 0.6) is 5.75 Å². The molecule has 0 saturated carbocycles. The number of phenolic OH excluding ortho intramolecular Hbond substituents is 1. The molecule has 4 aromatic rings. The van der Waals surface area contributed by atoms with Crippen molar-refractivity contribution in [1.29, 1.82) is 0 Å². The number of aromatic hydroxyl groups is 1. The van der Waals surface area contributed by atoms with Crippen molar-refractivity contribution in [2.75, 3.05) is 44.4 Å². The fourth-order valence-corrected chi connectivity index (χ4v) is 13.6. The number of carbonyl (C=O) groups is 7. The number of phenols is 1. The first-order valence-electron chi connectivity index (χ1n) is 30.8. The van der Waals surface area contributed by atoms with Gasteiger partial charge in [0.15, 0.2) is 6.29 Å². The quantitative estimate of drug-likeness (QED) is 0.0187. The molecule has 22 N–H and O–H groups in total. The van der Waals surface area contributed by atoms with Gasteiger partial charge in [-0.15, -0.1) is 0 Å². The number of para-hydroxylation sites is 1. The van der Waals surface area contributed by atoms with Crippen molar-refractivity contribution in [2.45, 2.75) is 168 Å². The SMILES string of the molecule is C[C@@H](O)[C@H](CO)NC(=O)[C@@H]1CSSC[C@H](NC(=O)[C@H](Cc2ccccc2)NC[C@]2(O)OC[C@H](O)[C@@H](O[C@@H]3O[C@@H](CO)[C@@H](O)[C@H](O)[C@@H]3O)[C@@H]2O)C(=O)N[C@@H](Cc2ccc(O)c(I)c2)C(=O)N[C@H](Cc2c[nH]c3ccccc23)C(=O)N[C@@H](CCCCN)C(=O)N[C@@H]([C@@H](C)O)C(=O)N1. The second-order valence-corrected chi connectivity index (χ2v) is 27.3. The zero-order valence-electron chi connectivity index (χ0n) is 51.9. The first-order chi connectivity index (χ1) is 45.2. The number of ether oxygens (including phenoxy) is 3. The van der Waals surface area contributed by atoms with Gasteiger partial charge in [-0.3, -0.25) is 33.6 Å². The number of benzene rings is 3. The fraction of sp³-hybridized carbons (Fsp3) is 0.557. The van der Waals surface area contributed by atoms with E-state index < -0.39 is 189 Å². The van der Waals surface area contributed by atoms with Crippen molar-refractivity contribution in [3.63, 3.8) is 0 Å². The average molecular weight is 1490 g/mol. The van der Waals surface area contributed by atoms with Crippen molar-refractivity contribution >= 4 is 96.4 Å². The Bertz CT molecular complexity index is 3220. The molecule has 3 aliphatic rings. The van der Waals surface area contributed by atoms with Gasteiger partial charge in [-0.25, -0.2) is 0 Å². The third-order valence-electron chi connectivity index (χ3n) is 16.4. The maximum Gasteiger partial charge on any atom is 0.245 e. The standard InChI is InChI=1S/C61H85IN10O21S2/c1-29(75)41(23-73)69-58(88)43-27-95-94-26-42(70-54(84)38(19-31-10-4-3-5-11-31)65-28-61(90)52(82)51(45(78)25-91-61)93-60-50(81)49(80)48(79)46(24-74)92-60)57(87)67-39(20-32-15-16-44(77)35(62)18-32)55(85)68-40(21-33-22-64-36-13-7-6-12-34(33)36)56(86)66-37(14-8-9-17-63)53(83)72-47(30(2)76)59(89)71-43/h3-7,10-13,15-16,18,22,29-30,37-43,45-52,60,64-65,73-82,90H,8-9,14,17,19-21,23-28,63H2,1-2H3,(H,66,86)(H,67,87)(H,68,85)(H,69,88)(H,70,84)(H,71,89)(H,72,83)/t29-,30-,37+,38+,39+,40-,41+,42+,43+,45+,46+,47+,48-,49+,50+,51-,52+,60+,61+/m1/s1. The van der Waals surface area contributed by atoms with E-state index in [1.54, 1.807) is 66.9 Å². The summed E-state index contributed by atoms with van der Waals surface area (Å²) < 4.78 is 17.0. The monoisotopic (exact) mass is 1480 g/mol. The van der Waals surface area contributed by atoms with Crippen LogP contribution in [0.25, 0.3) is 10.9 Å². The molecule has 1 aromatic heterocycles. The number of fused-ring (bicyclic) bond motifs is 1. The summed E-state index contributed by atoms with van der Waals surface area (Å²) in [5.41, 5.74) is 7.99. The number of unbranched alkanes of at least 4 members (excludes halogenated alkanes) is 1. The highest BCUT2D eigenvalue weighted by atomic mass is 127. The fourth-order valence-electron chi connectivity index (χ4n) is 10.7. The number of carbonyl (C=O) groups excluding carboxylic acids is 7. The van der Waals surface area contributed by atoms with E-state index in [0.717, 1.165) is 21.6 Å². The molecule has 3 fully saturated rings. The van der Waals surface area contributed by atoms with Crippen molar-refractivity contribution in [3.05, 3.63) is 99.3 Å². The number of amides is 7. The van der Waals surface area contributed by atoms with Gasteiger partial charge in [-0.05, 0) is 104 Å². The summed E-state index contributed by atoms with van der Waals surface area (Å²) in [5, 5.41) is 140. The molecule has 0 unspecified atom stereocenters. The zero-order valence-corrected chi connectivity index (χ0v) is 55.7. The van der Waals surface area contributed by atoms with Crippen LogP contribution in [0.1, 0.15) is 49.8 Å². The van der Waals surface area contributed by atoms with Crippen LogP contribution in [0, 0.1) is 3.57 Å². The zero-order chi connectivity index (χ0) is 69.3. The van der Waals surface area contributed by atoms with Crippen molar-refractivity contribution in [1.82, 2.24) is 47.5 Å². The third kappa shape index (κ3) is 20.8. The number of nitrogens with two attached hydrogens (primary N) is 1. The Morgan fingerprint density at radius 3 is 2.13 bits per heavy atom. The molecule has 0 spiro atoms. The Morgan fingerprint density at radius 2 is 1.45 bits per heavy atom. The van der Waals surface area contributed by atoms with E-state index in [0.29, 0.717) is 37.6 Å². The molecule has 3 aliphatic heterocycles. The molecule has 0 bridgehead atoms. The van der Waals surface area contributed by atoms with Gasteiger partial charge < -0.3 is 124 Å². The van der Waals surface area contributed by atoms with Gasteiger partial charge in [0, 0.05) is 41.4 Å². The summed E-state index contributed by atoms with van der Waals surface area (Å²) in [4.78, 5) is 106. The average Bonchev–Trinajstić information content (AvgIpc) is 1.24. The number of aromatic amines is 1. The van der Waals surface area contributed by atoms with Crippen LogP contribution in [0.15, 0.2) is 79.0 Å². The van der Waals surface area contributed by atoms with Crippen molar-refractivity contribution in [3.8, 4) is 5.75 Å². The molecule has 3 saturated heterocycles. The summed E-state index contributed by atoms with van der Waals surface area (Å²) in [7, 11) is 1.77. The maximum absolute atomic E-state index is 15.3. The van der Waals surface area contributed by atoms with Gasteiger partial charge in [0.2, 0.25) is 47.1 Å². The van der Waals surface area contributed by atoms with Gasteiger partial charge in [0.25, 0.3) is 0 Å². The van der Waals surface area contributed by atoms with E-state index >= 15 is 14.4 Å². The normalized spacial score (nSPS) is 29.9. The summed E-state index contributed by atoms with van der Waals surface area (Å²) >= 11 is 1.88. The lowest BCUT2D eigenvalue weighted by molar-refractivity contribution is -0.367. The van der Waals surface area contributed by atoms with E-state index in [2.05, 4.69) is 47.5 Å². The van der Waals surface area contributed by atoms with E-state index in [4.69, 9.17) is 19.9 Å². The second-order valence-electron chi connectivity index (χ2n) is 23.6. The molecule has 0 aliphatic carbocycles. The lowest BCUT2D eigenvalue weighted by Crippen LogP contribution is -2.68. The minimum atomic E-state index is -2.72. The smallest absolute Gasteiger partial charge is 0.245 e. The number of hydrogen-bond acceptors (Lipinski definition) is 25. The van der Waals surface area contributed by atoms with E-state index in [1.165, 1.54) is 26.0 Å². The lowest BCUT2D eigenvalue weighted by atomic mass is 9.95. The number of rotatable bonds is 23. The Labute approximate surface area is 567 Å². The van der Waals surface area contributed by atoms with Crippen LogP contribution in [0.2, 0.25) is 0 Å². The second kappa shape index (κ2) is 36.1. The molecule has 0 radical (unpaired) electrons. The Balaban J connectivity index is 1.27. The van der Waals surface area contributed by atoms with Crippen LogP contribution < -0.4 is 48.3 Å². The highest BCUT2D eigenvalue weighted by molar-refractivity contribution is 14.1. The van der Waals surface area contributed by atoms with Gasteiger partial charge in [0.05, 0.1) is 54.2 Å². The number of halogens is 1. The predicted octanol–water partition coefficient (Wildman–Crippen LogP) is -5.24. The van der Waals surface area contributed by atoms with Gasteiger partial charge >= 0.3 is 0 Å². The summed E-state index contributed by atoms with van der Waals surface area (Å²) in [6, 6.07) is 7.66. The first kappa shape index (κ1) is 76.5. The van der Waals surface area contributed by atoms with Crippen LogP contribution in [-0.2, 0) is 67.0 Å². The predicted molar refractivity (Wildman–Crippen MR) is 352 cm³/mol. The molecular formula is C61H85IN10O21S2. The number of aliphatic hydroxyl groups is 10. The van der Waals surface area contributed by atoms with Crippen LogP contribution >= 0.6 is 44.2 Å². The summed E-state index contributed by atoms with van der Waals surface area (Å²) in [5.74, 6) is -10.3. The molecule has 524 valence electrons. The molecule has 7 rings (SSSR count). The van der Waals surface area contributed by atoms with Crippen LogP contribution in [-0.4, -0.2) is 262 Å². The topological polar surface area (TPSA) is 508 Å². The lowest BCUT2D eigenvalue weighted by Gasteiger charge is -2.47. The first-order valence-corrected chi connectivity index (χ1v) is 34.3. The van der Waals surface area contributed by atoms with Gasteiger partial charge in [-0.1, -0.05) is 76.2 Å². The van der Waals surface area contributed by atoms with Gasteiger partial charge in [-0.2, -0.15) is 0 Å². The van der Waals surface area contributed by atoms with E-state index in [-0.39, 0.29) is 50.2 Å². The molecule has 95 heavy (non-hydrogen) atoms. The highest BCUT2D eigenvalue weighted by Gasteiger charge is 2.53. The van der Waals surface area contributed by atoms with Gasteiger partial charge in [0.1, 0.15) is 84.7 Å². The van der Waals surface area contributed by atoms with Crippen molar-refractivity contribution in [2.24, 2.45) is 5.73 Å². The highest BCUT2D eigenvalue weighted by Crippen LogP contribution is 2.31. The number of H-pyrrole nitrogens is 1. The summed E-state index contributed by atoms with van der Waals surface area (Å²) in [6.07, 6.45) is -16.2. The van der Waals surface area contributed by atoms with Crippen molar-refractivity contribution < 1.29 is 104 Å². The largest absolute Gasteiger partial charge is 0.507 e. The Hall–Kier alpha value is -5.88. The molecule has 3 aromatic carbocycles. The van der Waals surface area contributed by atoms with E-state index in [1.807, 2.05) is 22.6 Å². The molecule has 31 nitrogen and oxygen atoms in total. The molecular weight excluding hydrogens is 1400 g/mol. The molecule has 34 heteroatoms. The number of aliphatic hydroxyl groups excluding tert-OH is 9. The van der Waals surface area contributed by atoms with Crippen LogP contribution in [0.4, 0.5) is 0 Å². The molecule has 19 atom stereocenters. The number of nitrogens with one attached hydrogen (secondary N) is 9. The number of aromatic nitrogens is 1. The minimum absolute atomic E-state index is 0.0604. The van der Waals surface area contributed by atoms with Crippen LogP contribution in [0.3, 0.4) is 0 Å². The maximum atomic E-state index is 15.3. The Morgan fingerprint density at radius 1 is 0.789 bits per heavy atom.